The van der Waals surface area contributed by atoms with Crippen molar-refractivity contribution in [3.63, 3.8) is 0 Å². The first kappa shape index (κ1) is 15.4. The Labute approximate surface area is 116 Å². The lowest BCUT2D eigenvalue weighted by molar-refractivity contribution is -0.385. The molecule has 1 aromatic carbocycles. The van der Waals surface area contributed by atoms with Gasteiger partial charge in [-0.25, -0.2) is 4.79 Å². The number of hydrogen-bond donors (Lipinski definition) is 0. The molecule has 0 unspecified atom stereocenters. The van der Waals surface area contributed by atoms with E-state index in [1.165, 1.54) is 30.4 Å². The molecule has 0 heterocycles. The molecule has 0 aliphatic carbocycles. The minimum absolute atomic E-state index is 0.0237. The summed E-state index contributed by atoms with van der Waals surface area (Å²) < 4.78 is 5.07. The molecule has 0 fully saturated rings. The van der Waals surface area contributed by atoms with Crippen molar-refractivity contribution < 1.29 is 14.5 Å². The highest BCUT2D eigenvalue weighted by atomic mass is 16.6. The molecule has 20 heavy (non-hydrogen) atoms. The van der Waals surface area contributed by atoms with Crippen molar-refractivity contribution in [3.05, 3.63) is 45.5 Å². The maximum absolute atomic E-state index is 11.5. The lowest BCUT2D eigenvalue weighted by Crippen LogP contribution is -2.22. The van der Waals surface area contributed by atoms with Crippen LogP contribution in [-0.2, 0) is 9.53 Å². The number of benzene rings is 1. The van der Waals surface area contributed by atoms with Crippen LogP contribution in [0.1, 0.15) is 31.9 Å². The van der Waals surface area contributed by atoms with E-state index in [2.05, 4.69) is 0 Å². The number of esters is 1. The summed E-state index contributed by atoms with van der Waals surface area (Å²) in [5, 5.41) is 19.6. The Kier molecular flexibility index (Phi) is 4.59. The molecule has 1 aromatic rings. The van der Waals surface area contributed by atoms with Crippen LogP contribution in [-0.4, -0.2) is 16.5 Å². The van der Waals surface area contributed by atoms with Crippen LogP contribution >= 0.6 is 0 Å². The van der Waals surface area contributed by atoms with Gasteiger partial charge < -0.3 is 4.74 Å². The molecule has 0 aliphatic rings. The highest BCUT2D eigenvalue weighted by Crippen LogP contribution is 2.20. The van der Waals surface area contributed by atoms with Gasteiger partial charge in [-0.3, -0.25) is 10.1 Å². The summed E-state index contributed by atoms with van der Waals surface area (Å²) in [6, 6.07) is 5.84. The van der Waals surface area contributed by atoms with Crippen LogP contribution in [0.25, 0.3) is 6.08 Å². The zero-order valence-corrected chi connectivity index (χ0v) is 11.4. The molecular weight excluding hydrogens is 260 g/mol. The van der Waals surface area contributed by atoms with Crippen LogP contribution in [0.15, 0.2) is 24.3 Å². The summed E-state index contributed by atoms with van der Waals surface area (Å²) in [7, 11) is 0. The Hall–Kier alpha value is -2.68. The number of nitrogens with zero attached hydrogens (tertiary/aromatic N) is 2. The van der Waals surface area contributed by atoms with Gasteiger partial charge in [-0.2, -0.15) is 5.26 Å². The summed E-state index contributed by atoms with van der Waals surface area (Å²) >= 11 is 0. The van der Waals surface area contributed by atoms with Gasteiger partial charge in [-0.15, -0.1) is 0 Å². The quantitative estimate of drug-likeness (QED) is 0.365. The van der Waals surface area contributed by atoms with Gasteiger partial charge in [0.15, 0.2) is 0 Å². The number of carbonyl (C=O) groups excluding carboxylic acids is 1. The number of carbonyl (C=O) groups is 1. The molecule has 0 saturated carbocycles. The van der Waals surface area contributed by atoms with E-state index in [0.29, 0.717) is 5.56 Å². The number of rotatable bonds is 3. The van der Waals surface area contributed by atoms with Crippen LogP contribution in [0.3, 0.4) is 0 Å². The second-order valence-corrected chi connectivity index (χ2v) is 5.01. The Morgan fingerprint density at radius 2 is 2.10 bits per heavy atom. The summed E-state index contributed by atoms with van der Waals surface area (Å²) in [4.78, 5) is 21.6. The van der Waals surface area contributed by atoms with Gasteiger partial charge in [0.05, 0.1) is 4.92 Å². The minimum Gasteiger partial charge on any atom is -0.457 e. The van der Waals surface area contributed by atoms with E-state index in [1.54, 1.807) is 26.8 Å². The molecule has 0 bridgehead atoms. The molecule has 0 aliphatic heterocycles. The standard InChI is InChI=1S/C14H14N2O4/c1-14(2,3)20-13(17)7-5-10-4-6-11(9-15)12(8-10)16(18)19/h4-8H,1-3H3. The van der Waals surface area contributed by atoms with Gasteiger partial charge in [0.25, 0.3) is 5.69 Å². The zero-order chi connectivity index (χ0) is 15.3. The molecule has 0 radical (unpaired) electrons. The predicted molar refractivity (Wildman–Crippen MR) is 72.7 cm³/mol. The fourth-order valence-corrected chi connectivity index (χ4v) is 1.40. The molecule has 6 heteroatoms. The highest BCUT2D eigenvalue weighted by molar-refractivity contribution is 5.87. The van der Waals surface area contributed by atoms with E-state index in [4.69, 9.17) is 10.00 Å². The van der Waals surface area contributed by atoms with E-state index in [-0.39, 0.29) is 11.3 Å². The molecule has 104 valence electrons. The molecule has 0 N–H and O–H groups in total. The number of ether oxygens (including phenoxy) is 1. The minimum atomic E-state index is -0.636. The van der Waals surface area contributed by atoms with Crippen molar-refractivity contribution in [2.24, 2.45) is 0 Å². The Bertz CT molecular complexity index is 607. The average Bonchev–Trinajstić information content (AvgIpc) is 2.33. The second-order valence-electron chi connectivity index (χ2n) is 5.01. The first-order valence-electron chi connectivity index (χ1n) is 5.82. The van der Waals surface area contributed by atoms with Crippen molar-refractivity contribution in [1.29, 1.82) is 5.26 Å². The molecule has 0 saturated heterocycles. The van der Waals surface area contributed by atoms with Crippen molar-refractivity contribution in [2.45, 2.75) is 26.4 Å². The van der Waals surface area contributed by atoms with Crippen LogP contribution in [0.2, 0.25) is 0 Å². The van der Waals surface area contributed by atoms with E-state index >= 15 is 0 Å². The average molecular weight is 274 g/mol. The number of nitriles is 1. The van der Waals surface area contributed by atoms with Crippen LogP contribution in [0.4, 0.5) is 5.69 Å². The third-order valence-electron chi connectivity index (χ3n) is 2.16. The van der Waals surface area contributed by atoms with Gasteiger partial charge in [0, 0.05) is 12.1 Å². The topological polar surface area (TPSA) is 93.2 Å². The van der Waals surface area contributed by atoms with E-state index in [0.717, 1.165) is 0 Å². The molecule has 0 atom stereocenters. The Morgan fingerprint density at radius 3 is 2.60 bits per heavy atom. The molecular formula is C14H14N2O4. The molecule has 6 nitrogen and oxygen atoms in total. The van der Waals surface area contributed by atoms with Crippen molar-refractivity contribution in [3.8, 4) is 6.07 Å². The van der Waals surface area contributed by atoms with Crippen LogP contribution in [0, 0.1) is 21.4 Å². The van der Waals surface area contributed by atoms with Gasteiger partial charge >= 0.3 is 5.97 Å². The molecule has 0 amide bonds. The smallest absolute Gasteiger partial charge is 0.331 e. The van der Waals surface area contributed by atoms with Crippen molar-refractivity contribution in [1.82, 2.24) is 0 Å². The third-order valence-corrected chi connectivity index (χ3v) is 2.16. The molecule has 1 rings (SSSR count). The maximum Gasteiger partial charge on any atom is 0.331 e. The first-order chi connectivity index (χ1) is 9.23. The van der Waals surface area contributed by atoms with Crippen LogP contribution in [0.5, 0.6) is 0 Å². The Balaban J connectivity index is 2.95. The van der Waals surface area contributed by atoms with Crippen LogP contribution < -0.4 is 0 Å². The predicted octanol–water partition coefficient (Wildman–Crippen LogP) is 2.82. The SMILES string of the molecule is CC(C)(C)OC(=O)C=Cc1ccc(C#N)c([N+](=O)[O-])c1. The second kappa shape index (κ2) is 5.97. The lowest BCUT2D eigenvalue weighted by atomic mass is 10.1. The van der Waals surface area contributed by atoms with Gasteiger partial charge in [0.2, 0.25) is 0 Å². The molecule has 0 aromatic heterocycles. The van der Waals surface area contributed by atoms with E-state index in [9.17, 15) is 14.9 Å². The fourth-order valence-electron chi connectivity index (χ4n) is 1.40. The normalized spacial score (nSPS) is 11.1. The van der Waals surface area contributed by atoms with Gasteiger partial charge in [0.1, 0.15) is 17.2 Å². The largest absolute Gasteiger partial charge is 0.457 e. The number of nitro benzene ring substituents is 1. The first-order valence-corrected chi connectivity index (χ1v) is 5.82. The van der Waals surface area contributed by atoms with Crippen molar-refractivity contribution >= 4 is 17.7 Å². The third kappa shape index (κ3) is 4.53. The summed E-state index contributed by atoms with van der Waals surface area (Å²) in [6.07, 6.45) is 2.60. The summed E-state index contributed by atoms with van der Waals surface area (Å²) in [6.45, 7) is 5.22. The lowest BCUT2D eigenvalue weighted by Gasteiger charge is -2.17. The summed E-state index contributed by atoms with van der Waals surface area (Å²) in [5.74, 6) is -0.537. The summed E-state index contributed by atoms with van der Waals surface area (Å²) in [5.41, 5.74) is -0.470. The van der Waals surface area contributed by atoms with Gasteiger partial charge in [-0.1, -0.05) is 6.07 Å². The maximum atomic E-state index is 11.5. The fraction of sp³-hybridized carbons (Fsp3) is 0.286. The van der Waals surface area contributed by atoms with Crippen molar-refractivity contribution in [2.75, 3.05) is 0 Å². The Morgan fingerprint density at radius 1 is 1.45 bits per heavy atom. The zero-order valence-electron chi connectivity index (χ0n) is 11.4. The number of hydrogen-bond acceptors (Lipinski definition) is 5. The molecule has 0 spiro atoms. The van der Waals surface area contributed by atoms with E-state index in [1.807, 2.05) is 0 Å². The highest BCUT2D eigenvalue weighted by Gasteiger charge is 2.15. The van der Waals surface area contributed by atoms with E-state index < -0.39 is 16.5 Å². The number of nitro groups is 1. The monoisotopic (exact) mass is 274 g/mol. The van der Waals surface area contributed by atoms with Gasteiger partial charge in [-0.05, 0) is 38.5 Å².